The molecule has 1 aliphatic heterocycles. The number of hydrogen-bond donors (Lipinski definition) is 2. The second-order valence-corrected chi connectivity index (χ2v) is 6.04. The molecular formula is C18H25N3O2. The molecule has 5 heteroatoms. The van der Waals surface area contributed by atoms with E-state index in [1.54, 1.807) is 0 Å². The maximum atomic E-state index is 12.4. The molecule has 5 nitrogen and oxygen atoms in total. The van der Waals surface area contributed by atoms with Crippen molar-refractivity contribution in [1.29, 1.82) is 0 Å². The van der Waals surface area contributed by atoms with Crippen LogP contribution in [0.15, 0.2) is 36.4 Å². The fourth-order valence-electron chi connectivity index (χ4n) is 2.52. The highest BCUT2D eigenvalue weighted by Gasteiger charge is 2.17. The minimum atomic E-state index is -0.221. The Labute approximate surface area is 137 Å². The van der Waals surface area contributed by atoms with Gasteiger partial charge in [-0.25, -0.2) is 4.79 Å². The second kappa shape index (κ2) is 8.36. The van der Waals surface area contributed by atoms with Crippen LogP contribution >= 0.6 is 0 Å². The molecule has 2 N–H and O–H groups in total. The lowest BCUT2D eigenvalue weighted by Gasteiger charge is -2.26. The van der Waals surface area contributed by atoms with Gasteiger partial charge in [-0.3, -0.25) is 4.79 Å². The van der Waals surface area contributed by atoms with Gasteiger partial charge in [-0.15, -0.1) is 0 Å². The summed E-state index contributed by atoms with van der Waals surface area (Å²) >= 11 is 0. The van der Waals surface area contributed by atoms with Crippen molar-refractivity contribution in [2.75, 3.05) is 19.6 Å². The van der Waals surface area contributed by atoms with Crippen LogP contribution in [0.4, 0.5) is 4.79 Å². The van der Waals surface area contributed by atoms with Gasteiger partial charge in [0.15, 0.2) is 0 Å². The summed E-state index contributed by atoms with van der Waals surface area (Å²) in [6.07, 6.45) is 3.39. The highest BCUT2D eigenvalue weighted by Crippen LogP contribution is 2.13. The lowest BCUT2D eigenvalue weighted by atomic mass is 10.1. The van der Waals surface area contributed by atoms with E-state index in [2.05, 4.69) is 17.2 Å². The predicted molar refractivity (Wildman–Crippen MR) is 91.2 cm³/mol. The van der Waals surface area contributed by atoms with E-state index in [0.717, 1.165) is 37.1 Å². The van der Waals surface area contributed by atoms with Crippen molar-refractivity contribution in [2.24, 2.45) is 0 Å². The maximum absolute atomic E-state index is 12.4. The molecule has 0 bridgehead atoms. The number of carbonyl (C=O) groups excluding carboxylic acids is 2. The van der Waals surface area contributed by atoms with Crippen molar-refractivity contribution < 1.29 is 9.59 Å². The largest absolute Gasteiger partial charge is 0.339 e. The summed E-state index contributed by atoms with van der Waals surface area (Å²) in [6.45, 7) is 8.19. The van der Waals surface area contributed by atoms with Crippen molar-refractivity contribution in [3.63, 3.8) is 0 Å². The van der Waals surface area contributed by atoms with Crippen molar-refractivity contribution in [1.82, 2.24) is 15.5 Å². The quantitative estimate of drug-likeness (QED) is 0.821. The molecule has 0 unspecified atom stereocenters. The standard InChI is InChI=1S/C18H25N3O2/c1-14(2)12-19-18(23)20-13-15-6-8-16(9-7-15)17(22)21-10-4-3-5-11-21/h6-9H,1,3-5,10-13H2,2H3,(H2,19,20,23). The van der Waals surface area contributed by atoms with Gasteiger partial charge in [0.2, 0.25) is 0 Å². The number of nitrogens with zero attached hydrogens (tertiary/aromatic N) is 1. The normalized spacial score (nSPS) is 14.2. The highest BCUT2D eigenvalue weighted by molar-refractivity contribution is 5.94. The Balaban J connectivity index is 1.83. The fourth-order valence-corrected chi connectivity index (χ4v) is 2.52. The molecule has 1 aromatic carbocycles. The van der Waals surface area contributed by atoms with Crippen LogP contribution in [0.2, 0.25) is 0 Å². The first kappa shape index (κ1) is 17.1. The first-order valence-corrected chi connectivity index (χ1v) is 8.10. The Morgan fingerprint density at radius 3 is 2.35 bits per heavy atom. The minimum Gasteiger partial charge on any atom is -0.339 e. The number of piperidine rings is 1. The zero-order valence-corrected chi connectivity index (χ0v) is 13.7. The molecule has 23 heavy (non-hydrogen) atoms. The molecule has 3 amide bonds. The Morgan fingerprint density at radius 2 is 1.74 bits per heavy atom. The van der Waals surface area contributed by atoms with E-state index in [9.17, 15) is 9.59 Å². The van der Waals surface area contributed by atoms with Gasteiger partial charge in [0, 0.05) is 31.7 Å². The Hall–Kier alpha value is -2.30. The molecule has 2 rings (SSSR count). The molecule has 0 aromatic heterocycles. The summed E-state index contributed by atoms with van der Waals surface area (Å²) in [4.78, 5) is 25.9. The van der Waals surface area contributed by atoms with E-state index in [4.69, 9.17) is 0 Å². The van der Waals surface area contributed by atoms with Crippen LogP contribution in [0.5, 0.6) is 0 Å². The van der Waals surface area contributed by atoms with Gasteiger partial charge in [-0.2, -0.15) is 0 Å². The molecule has 0 spiro atoms. The third-order valence-electron chi connectivity index (χ3n) is 3.85. The predicted octanol–water partition coefficient (Wildman–Crippen LogP) is 2.69. The summed E-state index contributed by atoms with van der Waals surface area (Å²) in [6, 6.07) is 7.22. The van der Waals surface area contributed by atoms with Crippen molar-refractivity contribution >= 4 is 11.9 Å². The molecule has 1 aliphatic rings. The zero-order valence-electron chi connectivity index (χ0n) is 13.7. The summed E-state index contributed by atoms with van der Waals surface area (Å²) in [5.41, 5.74) is 2.58. The van der Waals surface area contributed by atoms with E-state index in [1.165, 1.54) is 6.42 Å². The van der Waals surface area contributed by atoms with Gasteiger partial charge < -0.3 is 15.5 Å². The molecule has 0 aliphatic carbocycles. The number of likely N-dealkylation sites (tertiary alicyclic amines) is 1. The number of urea groups is 1. The Kier molecular flexibility index (Phi) is 6.20. The van der Waals surface area contributed by atoms with Crippen LogP contribution in [-0.4, -0.2) is 36.5 Å². The number of hydrogen-bond acceptors (Lipinski definition) is 2. The molecule has 1 fully saturated rings. The molecule has 1 aromatic rings. The van der Waals surface area contributed by atoms with Gasteiger partial charge in [-0.05, 0) is 43.9 Å². The lowest BCUT2D eigenvalue weighted by Crippen LogP contribution is -2.36. The van der Waals surface area contributed by atoms with E-state index < -0.39 is 0 Å². The zero-order chi connectivity index (χ0) is 16.7. The number of nitrogens with one attached hydrogen (secondary N) is 2. The lowest BCUT2D eigenvalue weighted by molar-refractivity contribution is 0.0724. The van der Waals surface area contributed by atoms with Gasteiger partial charge in [0.25, 0.3) is 5.91 Å². The number of rotatable bonds is 5. The summed E-state index contributed by atoms with van der Waals surface area (Å²) in [7, 11) is 0. The van der Waals surface area contributed by atoms with Crippen LogP contribution in [0.1, 0.15) is 42.1 Å². The molecule has 1 saturated heterocycles. The molecule has 1 heterocycles. The van der Waals surface area contributed by atoms with Gasteiger partial charge in [0.05, 0.1) is 0 Å². The maximum Gasteiger partial charge on any atom is 0.315 e. The van der Waals surface area contributed by atoms with Crippen molar-refractivity contribution in [3.8, 4) is 0 Å². The SMILES string of the molecule is C=C(C)CNC(=O)NCc1ccc(C(=O)N2CCCCC2)cc1. The smallest absolute Gasteiger partial charge is 0.315 e. The number of amides is 3. The average Bonchev–Trinajstić information content (AvgIpc) is 2.58. The topological polar surface area (TPSA) is 61.4 Å². The fraction of sp³-hybridized carbons (Fsp3) is 0.444. The van der Waals surface area contributed by atoms with Crippen molar-refractivity contribution in [2.45, 2.75) is 32.7 Å². The monoisotopic (exact) mass is 315 g/mol. The summed E-state index contributed by atoms with van der Waals surface area (Å²) in [5.74, 6) is 0.100. The highest BCUT2D eigenvalue weighted by atomic mass is 16.2. The van der Waals surface area contributed by atoms with Crippen LogP contribution in [0.3, 0.4) is 0 Å². The van der Waals surface area contributed by atoms with Crippen LogP contribution in [0.25, 0.3) is 0 Å². The summed E-state index contributed by atoms with van der Waals surface area (Å²) in [5, 5.41) is 5.49. The van der Waals surface area contributed by atoms with E-state index in [1.807, 2.05) is 36.1 Å². The number of benzene rings is 1. The molecule has 0 atom stereocenters. The minimum absolute atomic E-state index is 0.100. The second-order valence-electron chi connectivity index (χ2n) is 6.04. The molecule has 124 valence electrons. The molecule has 0 saturated carbocycles. The van der Waals surface area contributed by atoms with Gasteiger partial charge >= 0.3 is 6.03 Å². The Morgan fingerprint density at radius 1 is 1.09 bits per heavy atom. The van der Waals surface area contributed by atoms with E-state index >= 15 is 0 Å². The summed E-state index contributed by atoms with van der Waals surface area (Å²) < 4.78 is 0. The van der Waals surface area contributed by atoms with Crippen LogP contribution < -0.4 is 10.6 Å². The van der Waals surface area contributed by atoms with Crippen LogP contribution in [0, 0.1) is 0 Å². The van der Waals surface area contributed by atoms with E-state index in [0.29, 0.717) is 18.7 Å². The van der Waals surface area contributed by atoms with Gasteiger partial charge in [-0.1, -0.05) is 24.3 Å². The average molecular weight is 315 g/mol. The van der Waals surface area contributed by atoms with Crippen LogP contribution in [-0.2, 0) is 6.54 Å². The van der Waals surface area contributed by atoms with Crippen molar-refractivity contribution in [3.05, 3.63) is 47.5 Å². The third-order valence-corrected chi connectivity index (χ3v) is 3.85. The number of carbonyl (C=O) groups is 2. The third kappa shape index (κ3) is 5.43. The van der Waals surface area contributed by atoms with Gasteiger partial charge in [0.1, 0.15) is 0 Å². The Bertz CT molecular complexity index is 560. The molecular weight excluding hydrogens is 290 g/mol. The first-order chi connectivity index (χ1) is 11.1. The molecule has 0 radical (unpaired) electrons. The van der Waals surface area contributed by atoms with E-state index in [-0.39, 0.29) is 11.9 Å². The first-order valence-electron chi connectivity index (χ1n) is 8.10.